The number of nitrogens with one attached hydrogen (secondary N) is 1. The van der Waals surface area contributed by atoms with Gasteiger partial charge in [-0.3, -0.25) is 0 Å². The van der Waals surface area contributed by atoms with Crippen LogP contribution in [0.3, 0.4) is 0 Å². The molecule has 0 amide bonds. The molecule has 0 bridgehead atoms. The van der Waals surface area contributed by atoms with Gasteiger partial charge in [-0.25, -0.2) is 9.97 Å². The molecule has 1 atom stereocenters. The molecular weight excluding hydrogens is 236 g/mol. The minimum absolute atomic E-state index is 0.539. The molecule has 1 aromatic rings. The second-order valence-corrected chi connectivity index (χ2v) is 5.03. The lowest BCUT2D eigenvalue weighted by molar-refractivity contribution is 0.402. The van der Waals surface area contributed by atoms with Gasteiger partial charge in [-0.15, -0.1) is 0 Å². The SMILES string of the molecule is Cc1cnc(N(C)C[C@H]2CCCCN2)nc1Cl. The molecule has 2 rings (SSSR count). The van der Waals surface area contributed by atoms with Gasteiger partial charge in [-0.1, -0.05) is 18.0 Å². The molecule has 5 heteroatoms. The van der Waals surface area contributed by atoms with E-state index in [1.165, 1.54) is 19.3 Å². The van der Waals surface area contributed by atoms with Crippen molar-refractivity contribution in [2.24, 2.45) is 0 Å². The molecule has 0 unspecified atom stereocenters. The summed E-state index contributed by atoms with van der Waals surface area (Å²) in [5, 5.41) is 4.06. The zero-order valence-corrected chi connectivity index (χ0v) is 11.2. The summed E-state index contributed by atoms with van der Waals surface area (Å²) in [4.78, 5) is 10.7. The van der Waals surface area contributed by atoms with Crippen LogP contribution in [0, 0.1) is 6.92 Å². The number of hydrogen-bond donors (Lipinski definition) is 1. The molecule has 0 spiro atoms. The highest BCUT2D eigenvalue weighted by molar-refractivity contribution is 6.30. The molecule has 1 fully saturated rings. The van der Waals surface area contributed by atoms with E-state index in [-0.39, 0.29) is 0 Å². The monoisotopic (exact) mass is 254 g/mol. The summed E-state index contributed by atoms with van der Waals surface area (Å²) in [5.41, 5.74) is 0.916. The largest absolute Gasteiger partial charge is 0.342 e. The van der Waals surface area contributed by atoms with Crippen LogP contribution in [0.15, 0.2) is 6.20 Å². The van der Waals surface area contributed by atoms with Gasteiger partial charge in [0.05, 0.1) is 0 Å². The third-order valence-electron chi connectivity index (χ3n) is 3.15. The highest BCUT2D eigenvalue weighted by atomic mass is 35.5. The molecule has 4 nitrogen and oxygen atoms in total. The van der Waals surface area contributed by atoms with E-state index in [2.05, 4.69) is 20.2 Å². The van der Waals surface area contributed by atoms with Gasteiger partial charge in [0.15, 0.2) is 0 Å². The van der Waals surface area contributed by atoms with Gasteiger partial charge in [-0.2, -0.15) is 0 Å². The van der Waals surface area contributed by atoms with Crippen LogP contribution in [0.2, 0.25) is 5.15 Å². The molecule has 1 aromatic heterocycles. The lowest BCUT2D eigenvalue weighted by atomic mass is 10.0. The molecule has 1 N–H and O–H groups in total. The number of aromatic nitrogens is 2. The van der Waals surface area contributed by atoms with Crippen molar-refractivity contribution < 1.29 is 0 Å². The van der Waals surface area contributed by atoms with Crippen LogP contribution < -0.4 is 10.2 Å². The molecule has 0 aliphatic carbocycles. The van der Waals surface area contributed by atoms with Crippen LogP contribution in [-0.4, -0.2) is 36.1 Å². The standard InChI is InChI=1S/C12H19ClN4/c1-9-7-15-12(16-11(9)13)17(2)8-10-5-3-4-6-14-10/h7,10,14H,3-6,8H2,1-2H3/t10-/m1/s1. The number of likely N-dealkylation sites (N-methyl/N-ethyl adjacent to an activating group) is 1. The van der Waals surface area contributed by atoms with Crippen LogP contribution in [0.4, 0.5) is 5.95 Å². The molecule has 1 aliphatic heterocycles. The summed E-state index contributed by atoms with van der Waals surface area (Å²) in [5.74, 6) is 0.702. The normalized spacial score (nSPS) is 20.3. The predicted octanol–water partition coefficient (Wildman–Crippen LogP) is 2.02. The van der Waals surface area contributed by atoms with E-state index in [4.69, 9.17) is 11.6 Å². The van der Waals surface area contributed by atoms with E-state index in [0.29, 0.717) is 17.1 Å². The van der Waals surface area contributed by atoms with E-state index in [0.717, 1.165) is 18.7 Å². The second-order valence-electron chi connectivity index (χ2n) is 4.67. The van der Waals surface area contributed by atoms with Crippen LogP contribution in [-0.2, 0) is 0 Å². The number of nitrogens with zero attached hydrogens (tertiary/aromatic N) is 3. The average molecular weight is 255 g/mol. The van der Waals surface area contributed by atoms with Crippen molar-refractivity contribution in [3.63, 3.8) is 0 Å². The minimum atomic E-state index is 0.539. The zero-order valence-electron chi connectivity index (χ0n) is 10.4. The Morgan fingerprint density at radius 3 is 3.00 bits per heavy atom. The molecule has 2 heterocycles. The molecule has 17 heavy (non-hydrogen) atoms. The molecule has 0 saturated carbocycles. The number of piperidine rings is 1. The fourth-order valence-corrected chi connectivity index (χ4v) is 2.21. The van der Waals surface area contributed by atoms with Crippen LogP contribution in [0.1, 0.15) is 24.8 Å². The van der Waals surface area contributed by atoms with E-state index < -0.39 is 0 Å². The van der Waals surface area contributed by atoms with Crippen molar-refractivity contribution in [2.45, 2.75) is 32.2 Å². The van der Waals surface area contributed by atoms with Crippen molar-refractivity contribution in [3.8, 4) is 0 Å². The van der Waals surface area contributed by atoms with E-state index >= 15 is 0 Å². The molecule has 1 aliphatic rings. The van der Waals surface area contributed by atoms with Crippen LogP contribution in [0.25, 0.3) is 0 Å². The fraction of sp³-hybridized carbons (Fsp3) is 0.667. The molecule has 0 aromatic carbocycles. The third kappa shape index (κ3) is 3.30. The summed E-state index contributed by atoms with van der Waals surface area (Å²) < 4.78 is 0. The highest BCUT2D eigenvalue weighted by Gasteiger charge is 2.16. The van der Waals surface area contributed by atoms with E-state index in [9.17, 15) is 0 Å². The summed E-state index contributed by atoms with van der Waals surface area (Å²) in [6.45, 7) is 3.96. The zero-order chi connectivity index (χ0) is 12.3. The maximum Gasteiger partial charge on any atom is 0.226 e. The number of aryl methyl sites for hydroxylation is 1. The summed E-state index contributed by atoms with van der Waals surface area (Å²) in [6, 6.07) is 0.539. The number of rotatable bonds is 3. The lowest BCUT2D eigenvalue weighted by Crippen LogP contribution is -2.42. The lowest BCUT2D eigenvalue weighted by Gasteiger charge is -2.28. The average Bonchev–Trinajstić information content (AvgIpc) is 2.34. The molecular formula is C12H19ClN4. The van der Waals surface area contributed by atoms with E-state index in [1.807, 2.05) is 14.0 Å². The Hall–Kier alpha value is -0.870. The van der Waals surface area contributed by atoms with Crippen molar-refractivity contribution in [1.82, 2.24) is 15.3 Å². The Morgan fingerprint density at radius 1 is 1.53 bits per heavy atom. The van der Waals surface area contributed by atoms with Crippen molar-refractivity contribution in [3.05, 3.63) is 16.9 Å². The summed E-state index contributed by atoms with van der Waals surface area (Å²) in [6.07, 6.45) is 5.59. The first-order valence-electron chi connectivity index (χ1n) is 6.10. The maximum absolute atomic E-state index is 6.01. The smallest absolute Gasteiger partial charge is 0.226 e. The first-order chi connectivity index (χ1) is 8.16. The second kappa shape index (κ2) is 5.65. The Morgan fingerprint density at radius 2 is 2.35 bits per heavy atom. The Kier molecular flexibility index (Phi) is 4.18. The highest BCUT2D eigenvalue weighted by Crippen LogP contribution is 2.16. The first-order valence-corrected chi connectivity index (χ1v) is 6.48. The van der Waals surface area contributed by atoms with E-state index in [1.54, 1.807) is 6.20 Å². The van der Waals surface area contributed by atoms with Gasteiger partial charge < -0.3 is 10.2 Å². The van der Waals surface area contributed by atoms with Gasteiger partial charge in [0.1, 0.15) is 5.15 Å². The number of anilines is 1. The Balaban J connectivity index is 1.98. The quantitative estimate of drug-likeness (QED) is 0.838. The summed E-state index contributed by atoms with van der Waals surface area (Å²) >= 11 is 6.01. The minimum Gasteiger partial charge on any atom is -0.342 e. The summed E-state index contributed by atoms with van der Waals surface area (Å²) in [7, 11) is 2.01. The molecule has 0 radical (unpaired) electrons. The van der Waals surface area contributed by atoms with Gasteiger partial charge >= 0.3 is 0 Å². The maximum atomic E-state index is 6.01. The first kappa shape index (κ1) is 12.6. The van der Waals surface area contributed by atoms with Crippen molar-refractivity contribution in [1.29, 1.82) is 0 Å². The van der Waals surface area contributed by atoms with Gasteiger partial charge in [-0.05, 0) is 26.3 Å². The van der Waals surface area contributed by atoms with Crippen molar-refractivity contribution >= 4 is 17.5 Å². The van der Waals surface area contributed by atoms with Crippen LogP contribution in [0.5, 0.6) is 0 Å². The fourth-order valence-electron chi connectivity index (χ4n) is 2.09. The number of hydrogen-bond acceptors (Lipinski definition) is 4. The van der Waals surface area contributed by atoms with Crippen molar-refractivity contribution in [2.75, 3.05) is 25.0 Å². The topological polar surface area (TPSA) is 41.1 Å². The van der Waals surface area contributed by atoms with Gasteiger partial charge in [0, 0.05) is 31.4 Å². The Labute approximate surface area is 107 Å². The molecule has 94 valence electrons. The molecule has 1 saturated heterocycles. The number of halogens is 1. The predicted molar refractivity (Wildman–Crippen MR) is 70.7 cm³/mol. The third-order valence-corrected chi connectivity index (χ3v) is 3.53. The van der Waals surface area contributed by atoms with Gasteiger partial charge in [0.2, 0.25) is 5.95 Å². The van der Waals surface area contributed by atoms with Gasteiger partial charge in [0.25, 0.3) is 0 Å². The van der Waals surface area contributed by atoms with Crippen LogP contribution >= 0.6 is 11.6 Å². The Bertz CT molecular complexity index is 377.